The maximum atomic E-state index is 11.6. The van der Waals surface area contributed by atoms with Gasteiger partial charge in [0.25, 0.3) is 0 Å². The first-order chi connectivity index (χ1) is 10.7. The lowest BCUT2D eigenvalue weighted by molar-refractivity contribution is -0.123. The Morgan fingerprint density at radius 3 is 2.27 bits per heavy atom. The van der Waals surface area contributed by atoms with E-state index < -0.39 is 0 Å². The molecule has 1 heterocycles. The number of hydrogen-bond acceptors (Lipinski definition) is 5. The van der Waals surface area contributed by atoms with E-state index in [1.807, 2.05) is 54.6 Å². The molecule has 1 aliphatic heterocycles. The fourth-order valence-corrected chi connectivity index (χ4v) is 3.13. The highest BCUT2D eigenvalue weighted by Gasteiger charge is 2.25. The summed E-state index contributed by atoms with van der Waals surface area (Å²) in [6, 6.07) is 17.9. The minimum absolute atomic E-state index is 0.0601. The first-order valence-corrected chi connectivity index (χ1v) is 8.25. The Kier molecular flexibility index (Phi) is 4.60. The third kappa shape index (κ3) is 3.58. The summed E-state index contributed by atoms with van der Waals surface area (Å²) < 4.78 is 0.639. The Bertz CT molecular complexity index is 658. The zero-order valence-electron chi connectivity index (χ0n) is 11.8. The van der Waals surface area contributed by atoms with E-state index in [-0.39, 0.29) is 5.91 Å². The van der Waals surface area contributed by atoms with E-state index in [2.05, 4.69) is 10.6 Å². The van der Waals surface area contributed by atoms with E-state index >= 15 is 0 Å². The molecule has 1 fully saturated rings. The molecule has 0 saturated carbocycles. The highest BCUT2D eigenvalue weighted by Crippen LogP contribution is 2.21. The molecule has 1 aliphatic rings. The first kappa shape index (κ1) is 14.9. The van der Waals surface area contributed by atoms with Crippen LogP contribution in [0.25, 0.3) is 0 Å². The normalized spacial score (nSPS) is 14.3. The number of carbonyl (C=O) groups excluding carboxylic acids is 1. The average Bonchev–Trinajstić information content (AvgIpc) is 2.86. The van der Waals surface area contributed by atoms with Gasteiger partial charge in [-0.05, 0) is 36.4 Å². The van der Waals surface area contributed by atoms with Gasteiger partial charge >= 0.3 is 0 Å². The van der Waals surface area contributed by atoms with Crippen molar-refractivity contribution in [2.75, 3.05) is 23.1 Å². The number of para-hydroxylation sites is 1. The standard InChI is InChI=1S/C16H15N3OS2/c20-15-10-22-16(21)19(15)11-17-12-6-8-14(9-7-12)18-13-4-2-1-3-5-13/h1-9,17-18H,10-11H2. The van der Waals surface area contributed by atoms with Crippen LogP contribution < -0.4 is 10.6 Å². The Morgan fingerprint density at radius 1 is 1.00 bits per heavy atom. The van der Waals surface area contributed by atoms with Gasteiger partial charge in [0.15, 0.2) is 0 Å². The van der Waals surface area contributed by atoms with E-state index in [1.165, 1.54) is 11.8 Å². The lowest BCUT2D eigenvalue weighted by Gasteiger charge is -2.16. The number of amides is 1. The van der Waals surface area contributed by atoms with Gasteiger partial charge in [-0.3, -0.25) is 9.69 Å². The predicted molar refractivity (Wildman–Crippen MR) is 96.6 cm³/mol. The average molecular weight is 329 g/mol. The number of anilines is 3. The molecule has 1 amide bonds. The van der Waals surface area contributed by atoms with E-state index in [9.17, 15) is 4.79 Å². The second kappa shape index (κ2) is 6.81. The molecule has 2 aromatic carbocycles. The van der Waals surface area contributed by atoms with Crippen molar-refractivity contribution in [3.8, 4) is 0 Å². The summed E-state index contributed by atoms with van der Waals surface area (Å²) in [5.74, 6) is 0.505. The van der Waals surface area contributed by atoms with E-state index in [0.717, 1.165) is 17.1 Å². The van der Waals surface area contributed by atoms with Crippen molar-refractivity contribution < 1.29 is 4.79 Å². The summed E-state index contributed by atoms with van der Waals surface area (Å²) in [6.45, 7) is 0.413. The zero-order chi connectivity index (χ0) is 15.4. The van der Waals surface area contributed by atoms with Gasteiger partial charge in [0, 0.05) is 17.1 Å². The molecule has 1 saturated heterocycles. The Labute approximate surface area is 138 Å². The molecule has 3 rings (SSSR count). The maximum absolute atomic E-state index is 11.6. The number of rotatable bonds is 5. The van der Waals surface area contributed by atoms with E-state index in [1.54, 1.807) is 4.90 Å². The van der Waals surface area contributed by atoms with E-state index in [0.29, 0.717) is 16.7 Å². The van der Waals surface area contributed by atoms with Crippen molar-refractivity contribution in [3.05, 3.63) is 54.6 Å². The molecule has 2 aromatic rings. The molecule has 6 heteroatoms. The van der Waals surface area contributed by atoms with Crippen LogP contribution >= 0.6 is 24.0 Å². The lowest BCUT2D eigenvalue weighted by Crippen LogP contribution is -2.33. The van der Waals surface area contributed by atoms with Gasteiger partial charge in [-0.25, -0.2) is 0 Å². The Hall–Kier alpha value is -2.05. The lowest BCUT2D eigenvalue weighted by atomic mass is 10.2. The van der Waals surface area contributed by atoms with Gasteiger partial charge in [-0.1, -0.05) is 42.2 Å². The largest absolute Gasteiger partial charge is 0.367 e. The summed E-state index contributed by atoms with van der Waals surface area (Å²) in [7, 11) is 0. The van der Waals surface area contributed by atoms with Crippen molar-refractivity contribution in [2.24, 2.45) is 0 Å². The molecule has 0 bridgehead atoms. The first-order valence-electron chi connectivity index (χ1n) is 6.85. The van der Waals surface area contributed by atoms with Gasteiger partial charge in [-0.15, -0.1) is 0 Å². The summed E-state index contributed by atoms with van der Waals surface area (Å²) >= 11 is 6.55. The minimum Gasteiger partial charge on any atom is -0.367 e. The molecule has 0 radical (unpaired) electrons. The van der Waals surface area contributed by atoms with Crippen molar-refractivity contribution in [2.45, 2.75) is 0 Å². The highest BCUT2D eigenvalue weighted by atomic mass is 32.2. The highest BCUT2D eigenvalue weighted by molar-refractivity contribution is 8.23. The number of nitrogens with one attached hydrogen (secondary N) is 2. The number of nitrogens with zero attached hydrogens (tertiary/aromatic N) is 1. The second-order valence-corrected chi connectivity index (χ2v) is 6.39. The molecule has 4 nitrogen and oxygen atoms in total. The molecule has 0 spiro atoms. The molecule has 0 unspecified atom stereocenters. The predicted octanol–water partition coefficient (Wildman–Crippen LogP) is 3.66. The Morgan fingerprint density at radius 2 is 1.64 bits per heavy atom. The van der Waals surface area contributed by atoms with Gasteiger partial charge in [0.2, 0.25) is 5.91 Å². The molecule has 0 aromatic heterocycles. The van der Waals surface area contributed by atoms with Gasteiger partial charge < -0.3 is 10.6 Å². The van der Waals surface area contributed by atoms with Crippen LogP contribution in [0.2, 0.25) is 0 Å². The van der Waals surface area contributed by atoms with Crippen molar-refractivity contribution >= 4 is 51.3 Å². The van der Waals surface area contributed by atoms with Crippen LogP contribution in [-0.4, -0.2) is 27.5 Å². The molecule has 0 aliphatic carbocycles. The van der Waals surface area contributed by atoms with Gasteiger partial charge in [-0.2, -0.15) is 0 Å². The third-order valence-corrected chi connectivity index (χ3v) is 4.66. The van der Waals surface area contributed by atoms with Crippen molar-refractivity contribution in [1.82, 2.24) is 4.90 Å². The fraction of sp³-hybridized carbons (Fsp3) is 0.125. The molecule has 112 valence electrons. The van der Waals surface area contributed by atoms with Crippen LogP contribution in [-0.2, 0) is 4.79 Å². The SMILES string of the molecule is O=C1CSC(=S)N1CNc1ccc(Nc2ccccc2)cc1. The molecule has 0 atom stereocenters. The monoisotopic (exact) mass is 329 g/mol. The summed E-state index contributed by atoms with van der Waals surface area (Å²) in [5, 5.41) is 6.54. The van der Waals surface area contributed by atoms with Gasteiger partial charge in [0.1, 0.15) is 4.32 Å². The summed E-state index contributed by atoms with van der Waals surface area (Å²) in [4.78, 5) is 13.2. The molecular formula is C16H15N3OS2. The van der Waals surface area contributed by atoms with E-state index in [4.69, 9.17) is 12.2 Å². The van der Waals surface area contributed by atoms with Crippen LogP contribution in [0.3, 0.4) is 0 Å². The van der Waals surface area contributed by atoms with Crippen LogP contribution in [0.5, 0.6) is 0 Å². The zero-order valence-corrected chi connectivity index (χ0v) is 13.4. The maximum Gasteiger partial charge on any atom is 0.239 e. The number of thiocarbonyl (C=S) groups is 1. The molecule has 2 N–H and O–H groups in total. The fourth-order valence-electron chi connectivity index (χ4n) is 2.06. The topological polar surface area (TPSA) is 44.4 Å². The number of hydrogen-bond donors (Lipinski definition) is 2. The number of carbonyl (C=O) groups is 1. The van der Waals surface area contributed by atoms with Crippen molar-refractivity contribution in [3.63, 3.8) is 0 Å². The smallest absolute Gasteiger partial charge is 0.239 e. The third-order valence-electron chi connectivity index (χ3n) is 3.23. The van der Waals surface area contributed by atoms with Crippen LogP contribution in [0, 0.1) is 0 Å². The minimum atomic E-state index is 0.0601. The quantitative estimate of drug-likeness (QED) is 0.820. The number of benzene rings is 2. The summed E-state index contributed by atoms with van der Waals surface area (Å²) in [6.07, 6.45) is 0. The van der Waals surface area contributed by atoms with Crippen molar-refractivity contribution in [1.29, 1.82) is 0 Å². The van der Waals surface area contributed by atoms with Crippen LogP contribution in [0.1, 0.15) is 0 Å². The Balaban J connectivity index is 1.57. The second-order valence-electron chi connectivity index (χ2n) is 4.78. The molecule has 22 heavy (non-hydrogen) atoms. The van der Waals surface area contributed by atoms with Crippen LogP contribution in [0.15, 0.2) is 54.6 Å². The van der Waals surface area contributed by atoms with Crippen LogP contribution in [0.4, 0.5) is 17.1 Å². The summed E-state index contributed by atoms with van der Waals surface area (Å²) in [5.41, 5.74) is 3.01. The van der Waals surface area contributed by atoms with Gasteiger partial charge in [0.05, 0.1) is 12.4 Å². The molecular weight excluding hydrogens is 314 g/mol. The number of thioether (sulfide) groups is 1.